The first-order chi connectivity index (χ1) is 8.11. The topological polar surface area (TPSA) is 69.8 Å². The molecule has 1 aliphatic heterocycles. The van der Waals surface area contributed by atoms with Gasteiger partial charge in [-0.1, -0.05) is 6.92 Å². The van der Waals surface area contributed by atoms with Gasteiger partial charge in [-0.05, 0) is 31.7 Å². The lowest BCUT2D eigenvalue weighted by molar-refractivity contribution is 0.0924. The van der Waals surface area contributed by atoms with Crippen LogP contribution in [0.3, 0.4) is 0 Å². The minimum Gasteiger partial charge on any atom is -0.351 e. The van der Waals surface area contributed by atoms with E-state index in [1.165, 1.54) is 6.42 Å². The summed E-state index contributed by atoms with van der Waals surface area (Å²) in [6.07, 6.45) is 3.91. The minimum absolute atomic E-state index is 0. The van der Waals surface area contributed by atoms with Crippen molar-refractivity contribution in [3.8, 4) is 0 Å². The second-order valence-corrected chi connectivity index (χ2v) is 5.18. The largest absolute Gasteiger partial charge is 0.351 e. The molecule has 1 atom stereocenters. The summed E-state index contributed by atoms with van der Waals surface area (Å²) >= 11 is 0. The lowest BCUT2D eigenvalue weighted by Gasteiger charge is -2.34. The molecule has 1 aromatic rings. The van der Waals surface area contributed by atoms with Crippen LogP contribution in [0.15, 0.2) is 6.20 Å². The van der Waals surface area contributed by atoms with Crippen LogP contribution in [0.5, 0.6) is 0 Å². The summed E-state index contributed by atoms with van der Waals surface area (Å²) in [5, 5.41) is 13.0. The lowest BCUT2D eigenvalue weighted by Crippen LogP contribution is -2.45. The van der Waals surface area contributed by atoms with Gasteiger partial charge in [-0.2, -0.15) is 5.10 Å². The number of aromatic amines is 1. The molecule has 102 valence electrons. The molecular weight excluding hydrogens is 252 g/mol. The van der Waals surface area contributed by atoms with Crippen molar-refractivity contribution in [2.45, 2.75) is 26.7 Å². The molecule has 1 aliphatic rings. The number of nitrogens with zero attached hydrogens (tertiary/aromatic N) is 1. The molecule has 0 aliphatic carbocycles. The number of hydrogen-bond donors (Lipinski definition) is 3. The molecule has 0 radical (unpaired) electrons. The van der Waals surface area contributed by atoms with Gasteiger partial charge in [0.05, 0.1) is 11.8 Å². The van der Waals surface area contributed by atoms with Crippen molar-refractivity contribution in [3.05, 3.63) is 17.5 Å². The number of H-pyrrole nitrogens is 1. The van der Waals surface area contributed by atoms with Crippen molar-refractivity contribution in [1.82, 2.24) is 20.8 Å². The quantitative estimate of drug-likeness (QED) is 0.776. The number of piperidine rings is 1. The molecule has 2 heterocycles. The van der Waals surface area contributed by atoms with Crippen molar-refractivity contribution >= 4 is 18.3 Å². The van der Waals surface area contributed by atoms with Crippen LogP contribution in [0.4, 0.5) is 0 Å². The molecule has 3 N–H and O–H groups in total. The maximum absolute atomic E-state index is 11.9. The summed E-state index contributed by atoms with van der Waals surface area (Å²) in [5.74, 6) is -0.0388. The SMILES string of the molecule is Cc1[nH]ncc1C(=O)NCC1(C)CCCNC1.Cl. The molecule has 6 heteroatoms. The van der Waals surface area contributed by atoms with Gasteiger partial charge in [-0.3, -0.25) is 9.89 Å². The fourth-order valence-electron chi connectivity index (χ4n) is 2.24. The predicted molar refractivity (Wildman–Crippen MR) is 73.1 cm³/mol. The van der Waals surface area contributed by atoms with Crippen molar-refractivity contribution in [2.75, 3.05) is 19.6 Å². The fraction of sp³-hybridized carbons (Fsp3) is 0.667. The van der Waals surface area contributed by atoms with Gasteiger partial charge in [0.1, 0.15) is 0 Å². The smallest absolute Gasteiger partial charge is 0.254 e. The van der Waals surface area contributed by atoms with Crippen LogP contribution in [0.1, 0.15) is 35.8 Å². The average Bonchev–Trinajstić information content (AvgIpc) is 2.74. The number of aromatic nitrogens is 2. The van der Waals surface area contributed by atoms with Gasteiger partial charge in [0.2, 0.25) is 0 Å². The molecule has 0 saturated carbocycles. The Kier molecular flexibility index (Phi) is 5.16. The number of nitrogens with one attached hydrogen (secondary N) is 3. The lowest BCUT2D eigenvalue weighted by atomic mass is 9.83. The Labute approximate surface area is 114 Å². The molecule has 0 aromatic carbocycles. The Morgan fingerprint density at radius 2 is 2.39 bits per heavy atom. The maximum Gasteiger partial charge on any atom is 0.254 e. The van der Waals surface area contributed by atoms with Gasteiger partial charge in [-0.15, -0.1) is 12.4 Å². The highest BCUT2D eigenvalue weighted by atomic mass is 35.5. The van der Waals surface area contributed by atoms with Crippen molar-refractivity contribution in [1.29, 1.82) is 0 Å². The molecule has 1 aromatic heterocycles. The second kappa shape index (κ2) is 6.20. The van der Waals surface area contributed by atoms with Crippen LogP contribution in [-0.2, 0) is 0 Å². The summed E-state index contributed by atoms with van der Waals surface area (Å²) in [4.78, 5) is 11.9. The Bertz CT molecular complexity index is 399. The Balaban J connectivity index is 0.00000162. The van der Waals surface area contributed by atoms with E-state index in [0.717, 1.165) is 25.2 Å². The van der Waals surface area contributed by atoms with E-state index in [1.807, 2.05) is 6.92 Å². The third-order valence-corrected chi connectivity index (χ3v) is 3.44. The first-order valence-corrected chi connectivity index (χ1v) is 6.10. The number of rotatable bonds is 3. The second-order valence-electron chi connectivity index (χ2n) is 5.18. The van der Waals surface area contributed by atoms with E-state index in [4.69, 9.17) is 0 Å². The van der Waals surface area contributed by atoms with Gasteiger partial charge in [0.15, 0.2) is 0 Å². The van der Waals surface area contributed by atoms with Gasteiger partial charge < -0.3 is 10.6 Å². The van der Waals surface area contributed by atoms with Crippen molar-refractivity contribution in [2.24, 2.45) is 5.41 Å². The van der Waals surface area contributed by atoms with Crippen LogP contribution < -0.4 is 10.6 Å². The zero-order chi connectivity index (χ0) is 12.3. The maximum atomic E-state index is 11.9. The highest BCUT2D eigenvalue weighted by Gasteiger charge is 2.27. The van der Waals surface area contributed by atoms with E-state index in [1.54, 1.807) is 6.20 Å². The Hall–Kier alpha value is -1.07. The van der Waals surface area contributed by atoms with E-state index in [9.17, 15) is 4.79 Å². The summed E-state index contributed by atoms with van der Waals surface area (Å²) in [5.41, 5.74) is 1.62. The van der Waals surface area contributed by atoms with E-state index >= 15 is 0 Å². The zero-order valence-electron chi connectivity index (χ0n) is 10.9. The first kappa shape index (κ1) is 15.0. The minimum atomic E-state index is -0.0388. The standard InChI is InChI=1S/C12H20N4O.ClH/c1-9-10(6-15-16-9)11(17)14-8-12(2)4-3-5-13-7-12;/h6,13H,3-5,7-8H2,1-2H3,(H,14,17)(H,15,16);1H. The molecule has 1 fully saturated rings. The molecule has 1 amide bonds. The average molecular weight is 273 g/mol. The molecular formula is C12H21ClN4O. The van der Waals surface area contributed by atoms with E-state index in [2.05, 4.69) is 27.8 Å². The molecule has 1 unspecified atom stereocenters. The van der Waals surface area contributed by atoms with Gasteiger partial charge in [0.25, 0.3) is 5.91 Å². The summed E-state index contributed by atoms with van der Waals surface area (Å²) < 4.78 is 0. The number of carbonyl (C=O) groups excluding carboxylic acids is 1. The summed E-state index contributed by atoms with van der Waals surface area (Å²) in [6.45, 7) is 6.83. The zero-order valence-corrected chi connectivity index (χ0v) is 11.7. The van der Waals surface area contributed by atoms with E-state index in [-0.39, 0.29) is 23.7 Å². The van der Waals surface area contributed by atoms with E-state index in [0.29, 0.717) is 12.1 Å². The monoisotopic (exact) mass is 272 g/mol. The highest BCUT2D eigenvalue weighted by Crippen LogP contribution is 2.24. The molecule has 5 nitrogen and oxygen atoms in total. The third-order valence-electron chi connectivity index (χ3n) is 3.44. The summed E-state index contributed by atoms with van der Waals surface area (Å²) in [6, 6.07) is 0. The molecule has 2 rings (SSSR count). The van der Waals surface area contributed by atoms with Gasteiger partial charge >= 0.3 is 0 Å². The van der Waals surface area contributed by atoms with Crippen LogP contribution >= 0.6 is 12.4 Å². The van der Waals surface area contributed by atoms with Gasteiger partial charge in [0, 0.05) is 18.8 Å². The van der Waals surface area contributed by atoms with Crippen molar-refractivity contribution < 1.29 is 4.79 Å². The third kappa shape index (κ3) is 3.46. The van der Waals surface area contributed by atoms with E-state index < -0.39 is 0 Å². The number of hydrogen-bond acceptors (Lipinski definition) is 3. The summed E-state index contributed by atoms with van der Waals surface area (Å²) in [7, 11) is 0. The number of aryl methyl sites for hydroxylation is 1. The molecule has 18 heavy (non-hydrogen) atoms. The predicted octanol–water partition coefficient (Wildman–Crippen LogP) is 1.26. The Morgan fingerprint density at radius 1 is 1.61 bits per heavy atom. The Morgan fingerprint density at radius 3 is 2.94 bits per heavy atom. The van der Waals surface area contributed by atoms with Crippen LogP contribution in [0.25, 0.3) is 0 Å². The van der Waals surface area contributed by atoms with Crippen LogP contribution in [0.2, 0.25) is 0 Å². The normalized spacial score (nSPS) is 23.2. The van der Waals surface area contributed by atoms with Crippen LogP contribution in [0, 0.1) is 12.3 Å². The van der Waals surface area contributed by atoms with Crippen molar-refractivity contribution in [3.63, 3.8) is 0 Å². The molecule has 0 spiro atoms. The van der Waals surface area contributed by atoms with Crippen LogP contribution in [-0.4, -0.2) is 35.7 Å². The molecule has 1 saturated heterocycles. The van der Waals surface area contributed by atoms with Gasteiger partial charge in [-0.25, -0.2) is 0 Å². The number of amides is 1. The first-order valence-electron chi connectivity index (χ1n) is 6.10. The number of halogens is 1. The molecule has 0 bridgehead atoms. The number of carbonyl (C=O) groups is 1. The fourth-order valence-corrected chi connectivity index (χ4v) is 2.24. The highest BCUT2D eigenvalue weighted by molar-refractivity contribution is 5.94.